The molecule has 1 atom stereocenters. The number of aromatic amines is 1. The number of anilines is 3. The van der Waals surface area contributed by atoms with Crippen molar-refractivity contribution >= 4 is 53.0 Å². The molecule has 0 saturated heterocycles. The van der Waals surface area contributed by atoms with Crippen LogP contribution in [-0.4, -0.2) is 37.7 Å². The van der Waals surface area contributed by atoms with Gasteiger partial charge in [0, 0.05) is 18.6 Å². The number of hydrogen-bond acceptors (Lipinski definition) is 8. The maximum atomic E-state index is 12.0. The van der Waals surface area contributed by atoms with Crippen LogP contribution >= 0.6 is 13.5 Å². The van der Waals surface area contributed by atoms with Crippen LogP contribution in [0.25, 0.3) is 44.1 Å². The van der Waals surface area contributed by atoms with Crippen molar-refractivity contribution in [1.82, 2.24) is 19.9 Å². The molecule has 0 saturated carbocycles. The summed E-state index contributed by atoms with van der Waals surface area (Å²) in [4.78, 5) is 27.5. The molecule has 0 amide bonds. The van der Waals surface area contributed by atoms with E-state index in [1.54, 1.807) is 6.07 Å². The second-order valence-electron chi connectivity index (χ2n) is 9.83. The molecule has 0 spiro atoms. The fourth-order valence-corrected chi connectivity index (χ4v) is 4.98. The summed E-state index contributed by atoms with van der Waals surface area (Å²) in [5.41, 5.74) is 16.6. The van der Waals surface area contributed by atoms with Gasteiger partial charge in [-0.1, -0.05) is 106 Å². The number of nitrogens with one attached hydrogen (secondary N) is 2. The number of rotatable bonds is 7. The maximum absolute atomic E-state index is 12.0. The van der Waals surface area contributed by atoms with E-state index in [1.165, 1.54) is 0 Å². The Kier molecular flexibility index (Phi) is 14.1. The first-order valence-electron chi connectivity index (χ1n) is 13.8. The molecule has 0 bridgehead atoms. The van der Waals surface area contributed by atoms with E-state index in [-0.39, 0.29) is 69.6 Å². The molecule has 11 heteroatoms. The number of H-pyrrole nitrogens is 1. The second kappa shape index (κ2) is 17.2. The summed E-state index contributed by atoms with van der Waals surface area (Å²) >= 11 is 0. The van der Waals surface area contributed by atoms with Crippen molar-refractivity contribution in [3.63, 3.8) is 0 Å². The van der Waals surface area contributed by atoms with E-state index in [0.717, 1.165) is 46.0 Å². The van der Waals surface area contributed by atoms with E-state index in [2.05, 4.69) is 50.4 Å². The molecule has 1 radical (unpaired) electrons. The summed E-state index contributed by atoms with van der Waals surface area (Å²) in [7, 11) is 0. The van der Waals surface area contributed by atoms with Crippen LogP contribution in [0.2, 0.25) is 0 Å². The summed E-state index contributed by atoms with van der Waals surface area (Å²) in [5.74, 6) is 1.03. The van der Waals surface area contributed by atoms with Gasteiger partial charge in [-0.25, -0.2) is 9.97 Å². The first kappa shape index (κ1) is 36.8. The van der Waals surface area contributed by atoms with Crippen LogP contribution in [0, 0.1) is 0 Å². The fourth-order valence-electron chi connectivity index (χ4n) is 4.98. The van der Waals surface area contributed by atoms with Gasteiger partial charge in [-0.05, 0) is 40.8 Å². The van der Waals surface area contributed by atoms with Gasteiger partial charge in [0.1, 0.15) is 5.82 Å². The number of nitrogens with zero attached hydrogens (tertiary/aromatic N) is 3. The average molecular weight is 661 g/mol. The number of benzene rings is 4. The zero-order chi connectivity index (χ0) is 29.5. The van der Waals surface area contributed by atoms with Crippen LogP contribution in [0.1, 0.15) is 27.2 Å². The Bertz CT molecular complexity index is 1870. The smallest absolute Gasteiger partial charge is 0.260 e. The number of aliphatic hydroxyl groups is 1. The molecular weight excluding hydrogens is 621 g/mol. The Morgan fingerprint density at radius 3 is 1.84 bits per heavy atom. The topological polar surface area (TPSA) is 156 Å². The van der Waals surface area contributed by atoms with Gasteiger partial charge in [0.25, 0.3) is 5.56 Å². The number of hydrogen-bond donors (Lipinski definition) is 5. The third-order valence-electron chi connectivity index (χ3n) is 6.86. The quantitative estimate of drug-likeness (QED) is 0.132. The Hall–Kier alpha value is -4.35. The van der Waals surface area contributed by atoms with Crippen LogP contribution in [0.3, 0.4) is 0 Å². The molecule has 9 nitrogen and oxygen atoms in total. The molecule has 45 heavy (non-hydrogen) atoms. The number of aromatic nitrogens is 4. The van der Waals surface area contributed by atoms with E-state index in [9.17, 15) is 9.90 Å². The minimum absolute atomic E-state index is 0. The Labute approximate surface area is 281 Å². The van der Waals surface area contributed by atoms with E-state index in [0.29, 0.717) is 16.7 Å². The average Bonchev–Trinajstić information content (AvgIpc) is 3.01. The van der Waals surface area contributed by atoms with Crippen molar-refractivity contribution in [3.05, 3.63) is 107 Å². The van der Waals surface area contributed by atoms with Gasteiger partial charge in [-0.3, -0.25) is 9.78 Å². The third-order valence-corrected chi connectivity index (χ3v) is 6.86. The summed E-state index contributed by atoms with van der Waals surface area (Å²) in [6.45, 7) is 2.14. The molecule has 0 aliphatic carbocycles. The normalized spacial score (nSPS) is 10.8. The van der Waals surface area contributed by atoms with Gasteiger partial charge < -0.3 is 21.9 Å². The molecule has 0 fully saturated rings. The first-order valence-corrected chi connectivity index (χ1v) is 13.8. The van der Waals surface area contributed by atoms with Gasteiger partial charge in [-0.15, -0.1) is 0 Å². The van der Waals surface area contributed by atoms with Gasteiger partial charge >= 0.3 is 0 Å². The van der Waals surface area contributed by atoms with Crippen molar-refractivity contribution in [3.8, 4) is 22.3 Å². The summed E-state index contributed by atoms with van der Waals surface area (Å²) < 4.78 is 0. The standard InChI is InChI=1S/C19H22N4O.C14H11N3O.CH4.H2S.V/c1-2-7-14(12-24)21-18-17-15(13-8-4-3-5-9-13)10-6-11-16(17)22-19(20)23-18;15-14-16-11-8-4-7-10(12(11)13(18)17-14)9-5-2-1-3-6-9;;;/h3-6,8-11,14,24H,2,7,12H2,1H3,(H3,20,21,22,23);1-8H,(H3,15,16,17,18);1H4;1H2;/t14-;;;;/m0..../s1. The molecule has 6 rings (SSSR count). The van der Waals surface area contributed by atoms with Crippen molar-refractivity contribution in [2.75, 3.05) is 23.4 Å². The molecule has 4 aromatic carbocycles. The van der Waals surface area contributed by atoms with Crippen LogP contribution in [0.4, 0.5) is 17.7 Å². The molecule has 2 heterocycles. The Morgan fingerprint density at radius 1 is 0.778 bits per heavy atom. The third kappa shape index (κ3) is 8.64. The van der Waals surface area contributed by atoms with Crippen molar-refractivity contribution in [1.29, 1.82) is 0 Å². The van der Waals surface area contributed by atoms with E-state index >= 15 is 0 Å². The maximum Gasteiger partial charge on any atom is 0.260 e. The van der Waals surface area contributed by atoms with Gasteiger partial charge in [0.05, 0.1) is 34.5 Å². The molecule has 2 aromatic heterocycles. The summed E-state index contributed by atoms with van der Waals surface area (Å²) in [5, 5.41) is 14.4. The monoisotopic (exact) mass is 660 g/mol. The van der Waals surface area contributed by atoms with Crippen LogP contribution < -0.4 is 22.3 Å². The molecule has 7 N–H and O–H groups in total. The predicted octanol–water partition coefficient (Wildman–Crippen LogP) is 6.37. The number of aliphatic hydroxyl groups excluding tert-OH is 1. The number of nitrogen functional groups attached to an aromatic ring is 2. The van der Waals surface area contributed by atoms with E-state index in [4.69, 9.17) is 11.5 Å². The summed E-state index contributed by atoms with van der Waals surface area (Å²) in [6.07, 6.45) is 1.83. The van der Waals surface area contributed by atoms with Crippen molar-refractivity contribution < 1.29 is 23.7 Å². The molecule has 233 valence electrons. The van der Waals surface area contributed by atoms with Gasteiger partial charge in [-0.2, -0.15) is 18.5 Å². The van der Waals surface area contributed by atoms with E-state index < -0.39 is 0 Å². The minimum Gasteiger partial charge on any atom is -0.394 e. The molecule has 0 unspecified atom stereocenters. The summed E-state index contributed by atoms with van der Waals surface area (Å²) in [6, 6.07) is 31.3. The zero-order valence-electron chi connectivity index (χ0n) is 24.2. The largest absolute Gasteiger partial charge is 0.394 e. The Balaban J connectivity index is 0.000000303. The van der Waals surface area contributed by atoms with Crippen molar-refractivity contribution in [2.24, 2.45) is 0 Å². The SMILES string of the molecule is C.CCC[C@@H](CO)Nc1nc(N)nc2cccc(-c3ccccc3)c12.Nc1nc2cccc(-c3ccccc3)c2c(=O)[nH]1.S.[V]. The van der Waals surface area contributed by atoms with Gasteiger partial charge in [0.15, 0.2) is 0 Å². The number of nitrogens with two attached hydrogens (primary N) is 2. The van der Waals surface area contributed by atoms with Crippen LogP contribution in [0.15, 0.2) is 102 Å². The molecule has 6 aromatic rings. The first-order chi connectivity index (χ1) is 20.5. The van der Waals surface area contributed by atoms with E-state index in [1.807, 2.05) is 72.8 Å². The second-order valence-corrected chi connectivity index (χ2v) is 9.83. The fraction of sp³-hybridized carbons (Fsp3) is 0.176. The number of fused-ring (bicyclic) bond motifs is 2. The Morgan fingerprint density at radius 2 is 1.31 bits per heavy atom. The predicted molar refractivity (Wildman–Crippen MR) is 188 cm³/mol. The minimum atomic E-state index is -0.211. The molecule has 0 aliphatic heterocycles. The van der Waals surface area contributed by atoms with Crippen molar-refractivity contribution in [2.45, 2.75) is 33.2 Å². The molecular formula is C34H39N7O2SV. The molecule has 0 aliphatic rings. The zero-order valence-corrected chi connectivity index (χ0v) is 26.6. The van der Waals surface area contributed by atoms with Gasteiger partial charge in [0.2, 0.25) is 11.9 Å². The van der Waals surface area contributed by atoms with Crippen LogP contribution in [-0.2, 0) is 18.6 Å². The van der Waals surface area contributed by atoms with Crippen LogP contribution in [0.5, 0.6) is 0 Å².